The molecular formula is C13H17N3O2. The fraction of sp³-hybridized carbons (Fsp3) is 0.462. The van der Waals surface area contributed by atoms with Crippen LogP contribution in [-0.4, -0.2) is 48.5 Å². The highest BCUT2D eigenvalue weighted by atomic mass is 16.4. The second kappa shape index (κ2) is 4.26. The molecule has 18 heavy (non-hydrogen) atoms. The van der Waals surface area contributed by atoms with Crippen LogP contribution in [0.4, 0.5) is 0 Å². The molecule has 0 saturated carbocycles. The van der Waals surface area contributed by atoms with Gasteiger partial charge in [-0.15, -0.1) is 0 Å². The van der Waals surface area contributed by atoms with Gasteiger partial charge in [0.2, 0.25) is 0 Å². The van der Waals surface area contributed by atoms with E-state index in [9.17, 15) is 4.79 Å². The highest BCUT2D eigenvalue weighted by molar-refractivity contribution is 5.72. The lowest BCUT2D eigenvalue weighted by molar-refractivity contribution is 0.115. The summed E-state index contributed by atoms with van der Waals surface area (Å²) in [6.45, 7) is 3.14. The summed E-state index contributed by atoms with van der Waals surface area (Å²) in [6.07, 6.45) is 0. The average molecular weight is 247 g/mol. The van der Waals surface area contributed by atoms with Crippen LogP contribution in [0.25, 0.3) is 11.1 Å². The smallest absolute Gasteiger partial charge is 0.408 e. The number of H-pyrrole nitrogens is 1. The quantitative estimate of drug-likeness (QED) is 0.818. The maximum Gasteiger partial charge on any atom is 0.417 e. The maximum atomic E-state index is 11.2. The summed E-state index contributed by atoms with van der Waals surface area (Å²) < 4.78 is 5.12. The third-order valence-electron chi connectivity index (χ3n) is 3.68. The van der Waals surface area contributed by atoms with Crippen molar-refractivity contribution in [2.24, 2.45) is 0 Å². The lowest BCUT2D eigenvalue weighted by Crippen LogP contribution is -2.44. The van der Waals surface area contributed by atoms with Crippen LogP contribution in [0.15, 0.2) is 27.4 Å². The van der Waals surface area contributed by atoms with Crippen molar-refractivity contribution in [3.63, 3.8) is 0 Å². The number of hydrogen-bond donors (Lipinski definition) is 1. The molecule has 0 bridgehead atoms. The van der Waals surface area contributed by atoms with Crippen LogP contribution in [-0.2, 0) is 0 Å². The van der Waals surface area contributed by atoms with E-state index in [1.165, 1.54) is 5.56 Å². The number of nitrogens with one attached hydrogen (secondary N) is 1. The molecule has 1 aliphatic heterocycles. The van der Waals surface area contributed by atoms with Gasteiger partial charge in [0, 0.05) is 25.7 Å². The Kier molecular flexibility index (Phi) is 2.72. The Hall–Kier alpha value is -1.59. The topological polar surface area (TPSA) is 52.5 Å². The van der Waals surface area contributed by atoms with Crippen molar-refractivity contribution in [2.75, 3.05) is 33.7 Å². The Labute approximate surface area is 105 Å². The molecule has 1 unspecified atom stereocenters. The van der Waals surface area contributed by atoms with Gasteiger partial charge in [-0.1, -0.05) is 6.07 Å². The zero-order valence-electron chi connectivity index (χ0n) is 10.6. The molecule has 0 spiro atoms. The molecule has 0 radical (unpaired) electrons. The Morgan fingerprint density at radius 3 is 3.00 bits per heavy atom. The predicted octanol–water partition coefficient (Wildman–Crippen LogP) is 1.04. The number of fused-ring (bicyclic) bond motifs is 1. The Bertz CT molecular complexity index is 616. The molecule has 2 aromatic rings. The highest BCUT2D eigenvalue weighted by Gasteiger charge is 2.24. The van der Waals surface area contributed by atoms with E-state index in [4.69, 9.17) is 4.42 Å². The SMILES string of the molecule is CN1CCN(C)C(c2ccc3[nH]c(=O)oc3c2)C1. The molecule has 0 aliphatic carbocycles. The number of aromatic nitrogens is 1. The highest BCUT2D eigenvalue weighted by Crippen LogP contribution is 2.25. The second-order valence-electron chi connectivity index (χ2n) is 5.03. The van der Waals surface area contributed by atoms with E-state index >= 15 is 0 Å². The minimum absolute atomic E-state index is 0.355. The molecule has 1 aliphatic rings. The Morgan fingerprint density at radius 2 is 2.17 bits per heavy atom. The van der Waals surface area contributed by atoms with Crippen molar-refractivity contribution in [2.45, 2.75) is 6.04 Å². The van der Waals surface area contributed by atoms with Crippen LogP contribution in [0.3, 0.4) is 0 Å². The largest absolute Gasteiger partial charge is 0.417 e. The first-order chi connectivity index (χ1) is 8.63. The predicted molar refractivity (Wildman–Crippen MR) is 69.7 cm³/mol. The molecular weight excluding hydrogens is 230 g/mol. The van der Waals surface area contributed by atoms with E-state index < -0.39 is 5.76 Å². The minimum atomic E-state index is -0.392. The number of piperazine rings is 1. The van der Waals surface area contributed by atoms with Crippen molar-refractivity contribution >= 4 is 11.1 Å². The molecule has 1 N–H and O–H groups in total. The number of oxazole rings is 1. The third-order valence-corrected chi connectivity index (χ3v) is 3.68. The summed E-state index contributed by atoms with van der Waals surface area (Å²) in [4.78, 5) is 18.5. The normalized spacial score (nSPS) is 22.7. The van der Waals surface area contributed by atoms with Crippen LogP contribution < -0.4 is 5.76 Å². The van der Waals surface area contributed by atoms with Gasteiger partial charge in [0.05, 0.1) is 5.52 Å². The first-order valence-corrected chi connectivity index (χ1v) is 6.15. The Morgan fingerprint density at radius 1 is 1.33 bits per heavy atom. The third kappa shape index (κ3) is 1.95. The fourth-order valence-corrected chi connectivity index (χ4v) is 2.54. The van der Waals surface area contributed by atoms with E-state index in [1.54, 1.807) is 0 Å². The molecule has 96 valence electrons. The van der Waals surface area contributed by atoms with Gasteiger partial charge in [-0.2, -0.15) is 0 Å². The number of benzene rings is 1. The summed E-state index contributed by atoms with van der Waals surface area (Å²) in [5, 5.41) is 0. The van der Waals surface area contributed by atoms with Crippen molar-refractivity contribution in [3.05, 3.63) is 34.3 Å². The molecule has 5 heteroatoms. The van der Waals surface area contributed by atoms with Gasteiger partial charge < -0.3 is 9.32 Å². The fourth-order valence-electron chi connectivity index (χ4n) is 2.54. The summed E-state index contributed by atoms with van der Waals surface area (Å²) >= 11 is 0. The van der Waals surface area contributed by atoms with E-state index in [1.807, 2.05) is 12.1 Å². The molecule has 1 aromatic heterocycles. The molecule has 0 amide bonds. The summed E-state index contributed by atoms with van der Waals surface area (Å²) in [5.41, 5.74) is 2.59. The van der Waals surface area contributed by atoms with Crippen LogP contribution in [0.1, 0.15) is 11.6 Å². The summed E-state index contributed by atoms with van der Waals surface area (Å²) in [7, 11) is 4.27. The van der Waals surface area contributed by atoms with Gasteiger partial charge in [-0.05, 0) is 31.8 Å². The molecule has 1 aromatic carbocycles. The molecule has 1 atom stereocenters. The van der Waals surface area contributed by atoms with Gasteiger partial charge in [0.15, 0.2) is 5.58 Å². The lowest BCUT2D eigenvalue weighted by Gasteiger charge is -2.37. The molecule has 1 fully saturated rings. The van der Waals surface area contributed by atoms with Crippen molar-refractivity contribution in [3.8, 4) is 0 Å². The van der Waals surface area contributed by atoms with Crippen molar-refractivity contribution in [1.82, 2.24) is 14.8 Å². The monoisotopic (exact) mass is 247 g/mol. The zero-order chi connectivity index (χ0) is 12.7. The van der Waals surface area contributed by atoms with Crippen molar-refractivity contribution < 1.29 is 4.42 Å². The first kappa shape index (κ1) is 11.5. The molecule has 3 rings (SSSR count). The van der Waals surface area contributed by atoms with Crippen LogP contribution in [0, 0.1) is 0 Å². The molecule has 5 nitrogen and oxygen atoms in total. The molecule has 2 heterocycles. The van der Waals surface area contributed by atoms with Crippen molar-refractivity contribution in [1.29, 1.82) is 0 Å². The van der Waals surface area contributed by atoms with E-state index in [0.717, 1.165) is 25.2 Å². The van der Waals surface area contributed by atoms with Gasteiger partial charge in [0.1, 0.15) is 0 Å². The first-order valence-electron chi connectivity index (χ1n) is 6.15. The van der Waals surface area contributed by atoms with Crippen LogP contribution >= 0.6 is 0 Å². The van der Waals surface area contributed by atoms with E-state index in [2.05, 4.69) is 34.9 Å². The Balaban J connectivity index is 1.99. The summed E-state index contributed by atoms with van der Waals surface area (Å²) in [6, 6.07) is 6.30. The molecule has 1 saturated heterocycles. The number of nitrogens with zero attached hydrogens (tertiary/aromatic N) is 2. The number of aromatic amines is 1. The standard InChI is InChI=1S/C13H17N3O2/c1-15-5-6-16(2)11(8-15)9-3-4-10-12(7-9)18-13(17)14-10/h3-4,7,11H,5-6,8H2,1-2H3,(H,14,17). The van der Waals surface area contributed by atoms with Gasteiger partial charge in [-0.3, -0.25) is 9.88 Å². The number of likely N-dealkylation sites (N-methyl/N-ethyl adjacent to an activating group) is 2. The number of hydrogen-bond acceptors (Lipinski definition) is 4. The van der Waals surface area contributed by atoms with Gasteiger partial charge in [-0.25, -0.2) is 4.79 Å². The average Bonchev–Trinajstić information content (AvgIpc) is 2.71. The summed E-state index contributed by atoms with van der Waals surface area (Å²) in [5.74, 6) is -0.392. The van der Waals surface area contributed by atoms with Crippen LogP contribution in [0.2, 0.25) is 0 Å². The van der Waals surface area contributed by atoms with Gasteiger partial charge >= 0.3 is 5.76 Å². The zero-order valence-corrected chi connectivity index (χ0v) is 10.6. The minimum Gasteiger partial charge on any atom is -0.408 e. The number of rotatable bonds is 1. The van der Waals surface area contributed by atoms with Crippen LogP contribution in [0.5, 0.6) is 0 Å². The van der Waals surface area contributed by atoms with E-state index in [-0.39, 0.29) is 0 Å². The maximum absolute atomic E-state index is 11.2. The van der Waals surface area contributed by atoms with Gasteiger partial charge in [0.25, 0.3) is 0 Å². The van der Waals surface area contributed by atoms with E-state index in [0.29, 0.717) is 11.6 Å². The second-order valence-corrected chi connectivity index (χ2v) is 5.03. The lowest BCUT2D eigenvalue weighted by atomic mass is 10.0.